The number of amides is 3. The van der Waals surface area contributed by atoms with Crippen molar-refractivity contribution in [2.24, 2.45) is 5.73 Å². The second-order valence-corrected chi connectivity index (χ2v) is 7.85. The average molecular weight is 416 g/mol. The van der Waals surface area contributed by atoms with E-state index in [0.29, 0.717) is 16.0 Å². The lowest BCUT2D eigenvalue weighted by molar-refractivity contribution is -0.119. The van der Waals surface area contributed by atoms with E-state index in [0.717, 1.165) is 16.8 Å². The fraction of sp³-hybridized carbons (Fsp3) is 0.158. The Morgan fingerprint density at radius 2 is 1.89 bits per heavy atom. The Bertz CT molecular complexity index is 1020. The highest BCUT2D eigenvalue weighted by atomic mass is 35.5. The number of hydrogen-bond acceptors (Lipinski definition) is 5. The maximum Gasteiger partial charge on any atom is 0.318 e. The summed E-state index contributed by atoms with van der Waals surface area (Å²) >= 11 is 7.18. The molecular weight excluding hydrogens is 398 g/mol. The Kier molecular flexibility index (Phi) is 6.01. The first kappa shape index (κ1) is 19.9. The molecule has 1 atom stereocenters. The zero-order valence-corrected chi connectivity index (χ0v) is 16.8. The molecule has 3 amide bonds. The number of benzene rings is 2. The second kappa shape index (κ2) is 8.45. The van der Waals surface area contributed by atoms with E-state index >= 15 is 0 Å². The highest BCUT2D eigenvalue weighted by Crippen LogP contribution is 2.31. The third kappa shape index (κ3) is 4.52. The highest BCUT2D eigenvalue weighted by Gasteiger charge is 2.22. The first-order valence-electron chi connectivity index (χ1n) is 8.40. The van der Waals surface area contributed by atoms with Crippen LogP contribution >= 0.6 is 23.4 Å². The van der Waals surface area contributed by atoms with Gasteiger partial charge in [0.1, 0.15) is 0 Å². The van der Waals surface area contributed by atoms with Crippen LogP contribution in [0.15, 0.2) is 53.7 Å². The Labute approximate surface area is 171 Å². The third-order valence-corrected chi connectivity index (χ3v) is 5.19. The molecule has 0 fully saturated rings. The first-order valence-corrected chi connectivity index (χ1v) is 9.66. The summed E-state index contributed by atoms with van der Waals surface area (Å²) in [6, 6.07) is 14.3. The molecule has 28 heavy (non-hydrogen) atoms. The van der Waals surface area contributed by atoms with Crippen LogP contribution in [0, 0.1) is 6.92 Å². The van der Waals surface area contributed by atoms with Crippen molar-refractivity contribution in [3.63, 3.8) is 0 Å². The highest BCUT2D eigenvalue weighted by molar-refractivity contribution is 8.00. The van der Waals surface area contributed by atoms with Crippen molar-refractivity contribution >= 4 is 35.3 Å². The summed E-state index contributed by atoms with van der Waals surface area (Å²) in [4.78, 5) is 23.0. The van der Waals surface area contributed by atoms with Gasteiger partial charge in [-0.25, -0.2) is 4.79 Å². The molecule has 0 saturated carbocycles. The Hall–Kier alpha value is -2.84. The van der Waals surface area contributed by atoms with Crippen molar-refractivity contribution < 1.29 is 9.59 Å². The zero-order chi connectivity index (χ0) is 20.3. The van der Waals surface area contributed by atoms with E-state index in [4.69, 9.17) is 17.3 Å². The number of urea groups is 1. The van der Waals surface area contributed by atoms with Crippen LogP contribution in [0.1, 0.15) is 12.5 Å². The van der Waals surface area contributed by atoms with Crippen LogP contribution in [0.25, 0.3) is 17.1 Å². The molecule has 1 aromatic heterocycles. The molecular formula is C19H18ClN5O2S. The maximum atomic E-state index is 12.1. The fourth-order valence-corrected chi connectivity index (χ4v) is 3.56. The van der Waals surface area contributed by atoms with Crippen molar-refractivity contribution in [3.8, 4) is 17.1 Å². The number of halogens is 1. The van der Waals surface area contributed by atoms with Crippen LogP contribution in [0.2, 0.25) is 5.02 Å². The van der Waals surface area contributed by atoms with E-state index in [2.05, 4.69) is 15.5 Å². The van der Waals surface area contributed by atoms with Crippen molar-refractivity contribution in [1.82, 2.24) is 20.1 Å². The number of carbonyl (C=O) groups is 2. The van der Waals surface area contributed by atoms with Gasteiger partial charge in [-0.1, -0.05) is 35.5 Å². The SMILES string of the molecule is Cc1cccc(-n2c(S[C@H](C)C(=O)NC(N)=O)nnc2-c2ccc(Cl)cc2)c1. The number of aryl methyl sites for hydroxylation is 1. The summed E-state index contributed by atoms with van der Waals surface area (Å²) in [5, 5.41) is 11.2. The van der Waals surface area contributed by atoms with Gasteiger partial charge in [0, 0.05) is 16.3 Å². The number of carbonyl (C=O) groups excluding carboxylic acids is 2. The fourth-order valence-electron chi connectivity index (χ4n) is 2.57. The minimum Gasteiger partial charge on any atom is -0.351 e. The van der Waals surface area contributed by atoms with Crippen LogP contribution in [0.5, 0.6) is 0 Å². The molecule has 3 aromatic rings. The van der Waals surface area contributed by atoms with Gasteiger partial charge < -0.3 is 5.73 Å². The normalized spacial score (nSPS) is 11.8. The summed E-state index contributed by atoms with van der Waals surface area (Å²) in [5.41, 5.74) is 7.80. The number of aromatic nitrogens is 3. The van der Waals surface area contributed by atoms with E-state index in [-0.39, 0.29) is 0 Å². The predicted molar refractivity (Wildman–Crippen MR) is 110 cm³/mol. The molecule has 2 aromatic carbocycles. The molecule has 0 saturated heterocycles. The number of thioether (sulfide) groups is 1. The van der Waals surface area contributed by atoms with E-state index in [1.807, 2.05) is 47.9 Å². The van der Waals surface area contributed by atoms with Gasteiger partial charge in [0.05, 0.1) is 5.25 Å². The Balaban J connectivity index is 2.04. The summed E-state index contributed by atoms with van der Waals surface area (Å²) in [7, 11) is 0. The van der Waals surface area contributed by atoms with Gasteiger partial charge in [0.15, 0.2) is 11.0 Å². The van der Waals surface area contributed by atoms with Crippen LogP contribution in [-0.4, -0.2) is 32.0 Å². The quantitative estimate of drug-likeness (QED) is 0.620. The first-order chi connectivity index (χ1) is 13.3. The lowest BCUT2D eigenvalue weighted by Gasteiger charge is -2.13. The molecule has 1 heterocycles. The van der Waals surface area contributed by atoms with E-state index < -0.39 is 17.2 Å². The maximum absolute atomic E-state index is 12.1. The summed E-state index contributed by atoms with van der Waals surface area (Å²) in [6.45, 7) is 3.66. The van der Waals surface area contributed by atoms with E-state index in [9.17, 15) is 9.59 Å². The monoisotopic (exact) mass is 415 g/mol. The number of imide groups is 1. The molecule has 144 valence electrons. The second-order valence-electron chi connectivity index (χ2n) is 6.10. The van der Waals surface area contributed by atoms with Crippen molar-refractivity contribution in [1.29, 1.82) is 0 Å². The van der Waals surface area contributed by atoms with E-state index in [1.54, 1.807) is 19.1 Å². The molecule has 0 bridgehead atoms. The molecule has 3 rings (SSSR count). The number of primary amides is 1. The van der Waals surface area contributed by atoms with Crippen LogP contribution < -0.4 is 11.1 Å². The number of nitrogens with two attached hydrogens (primary N) is 1. The number of nitrogens with one attached hydrogen (secondary N) is 1. The van der Waals surface area contributed by atoms with Gasteiger partial charge in [-0.15, -0.1) is 10.2 Å². The smallest absolute Gasteiger partial charge is 0.318 e. The Morgan fingerprint density at radius 1 is 1.18 bits per heavy atom. The minimum atomic E-state index is -0.889. The number of hydrogen-bond donors (Lipinski definition) is 2. The van der Waals surface area contributed by atoms with Gasteiger partial charge in [-0.2, -0.15) is 0 Å². The number of nitrogens with zero attached hydrogens (tertiary/aromatic N) is 3. The topological polar surface area (TPSA) is 103 Å². The molecule has 0 aliphatic heterocycles. The van der Waals surface area contributed by atoms with Gasteiger partial charge in [0.2, 0.25) is 5.91 Å². The van der Waals surface area contributed by atoms with Gasteiger partial charge in [-0.3, -0.25) is 14.7 Å². The minimum absolute atomic E-state index is 0.496. The standard InChI is InChI=1S/C19H18ClN5O2S/c1-11-4-3-5-15(10-11)25-16(13-6-8-14(20)9-7-13)23-24-19(25)28-12(2)17(26)22-18(21)27/h3-10,12H,1-2H3,(H3,21,22,26,27)/t12-/m1/s1. The van der Waals surface area contributed by atoms with Gasteiger partial charge in [0.25, 0.3) is 0 Å². The lowest BCUT2D eigenvalue weighted by atomic mass is 10.2. The average Bonchev–Trinajstić information content (AvgIpc) is 3.05. The summed E-state index contributed by atoms with van der Waals surface area (Å²) in [5.74, 6) is 0.122. The molecule has 0 spiro atoms. The third-order valence-electron chi connectivity index (χ3n) is 3.89. The number of rotatable bonds is 5. The molecule has 3 N–H and O–H groups in total. The predicted octanol–water partition coefficient (Wildman–Crippen LogP) is 3.57. The molecule has 0 aliphatic rings. The Morgan fingerprint density at radius 3 is 2.54 bits per heavy atom. The van der Waals surface area contributed by atoms with Crippen molar-refractivity contribution in [3.05, 3.63) is 59.1 Å². The van der Waals surface area contributed by atoms with Crippen LogP contribution in [0.4, 0.5) is 4.79 Å². The summed E-state index contributed by atoms with van der Waals surface area (Å²) < 4.78 is 1.87. The summed E-state index contributed by atoms with van der Waals surface area (Å²) in [6.07, 6.45) is 0. The van der Waals surface area contributed by atoms with Crippen LogP contribution in [-0.2, 0) is 4.79 Å². The van der Waals surface area contributed by atoms with Crippen LogP contribution in [0.3, 0.4) is 0 Å². The van der Waals surface area contributed by atoms with Crippen molar-refractivity contribution in [2.45, 2.75) is 24.3 Å². The molecule has 7 nitrogen and oxygen atoms in total. The lowest BCUT2D eigenvalue weighted by Crippen LogP contribution is -2.39. The molecule has 0 aliphatic carbocycles. The van der Waals surface area contributed by atoms with Gasteiger partial charge >= 0.3 is 6.03 Å². The molecule has 9 heteroatoms. The van der Waals surface area contributed by atoms with Crippen molar-refractivity contribution in [2.75, 3.05) is 0 Å². The van der Waals surface area contributed by atoms with Gasteiger partial charge in [-0.05, 0) is 55.8 Å². The molecule has 0 radical (unpaired) electrons. The van der Waals surface area contributed by atoms with E-state index in [1.165, 1.54) is 11.8 Å². The largest absolute Gasteiger partial charge is 0.351 e. The molecule has 0 unspecified atom stereocenters. The zero-order valence-electron chi connectivity index (χ0n) is 15.2.